The van der Waals surface area contributed by atoms with Gasteiger partial charge in [-0.15, -0.1) is 0 Å². The summed E-state index contributed by atoms with van der Waals surface area (Å²) in [5.74, 6) is 0.954. The molecule has 5 nitrogen and oxygen atoms in total. The highest BCUT2D eigenvalue weighted by Crippen LogP contribution is 2.32. The van der Waals surface area contributed by atoms with Crippen molar-refractivity contribution in [2.24, 2.45) is 10.9 Å². The summed E-state index contributed by atoms with van der Waals surface area (Å²) < 4.78 is 0. The first-order chi connectivity index (χ1) is 8.19. The molecule has 92 valence electrons. The Morgan fingerprint density at radius 3 is 2.88 bits per heavy atom. The molecule has 1 saturated carbocycles. The highest BCUT2D eigenvalue weighted by atomic mass is 16.4. The largest absolute Gasteiger partial charge is 0.409 e. The molecule has 0 atom stereocenters. The van der Waals surface area contributed by atoms with E-state index in [9.17, 15) is 0 Å². The first kappa shape index (κ1) is 11.7. The van der Waals surface area contributed by atoms with Crippen LogP contribution in [0.2, 0.25) is 0 Å². The van der Waals surface area contributed by atoms with Crippen molar-refractivity contribution in [3.05, 3.63) is 23.4 Å². The molecule has 5 heteroatoms. The lowest BCUT2D eigenvalue weighted by molar-refractivity contribution is 0.318. The summed E-state index contributed by atoms with van der Waals surface area (Å²) in [6.45, 7) is 4.92. The van der Waals surface area contributed by atoms with Crippen LogP contribution in [0.1, 0.15) is 30.9 Å². The van der Waals surface area contributed by atoms with Crippen LogP contribution in [0.4, 0.5) is 5.82 Å². The van der Waals surface area contributed by atoms with E-state index in [2.05, 4.69) is 22.0 Å². The number of oxime groups is 1. The zero-order valence-electron chi connectivity index (χ0n) is 10.2. The van der Waals surface area contributed by atoms with E-state index in [1.54, 1.807) is 6.20 Å². The van der Waals surface area contributed by atoms with E-state index in [0.717, 1.165) is 23.5 Å². The lowest BCUT2D eigenvalue weighted by Gasteiger charge is -2.24. The number of aromatic nitrogens is 1. The molecule has 1 aliphatic rings. The molecule has 1 heterocycles. The summed E-state index contributed by atoms with van der Waals surface area (Å²) in [5, 5.41) is 12.0. The molecule has 1 aromatic rings. The molecule has 3 N–H and O–H groups in total. The fourth-order valence-electron chi connectivity index (χ4n) is 2.10. The third-order valence-electron chi connectivity index (χ3n) is 3.10. The van der Waals surface area contributed by atoms with Crippen LogP contribution in [0.5, 0.6) is 0 Å². The number of pyridine rings is 1. The summed E-state index contributed by atoms with van der Waals surface area (Å²) in [6, 6.07) is 2.43. The first-order valence-electron chi connectivity index (χ1n) is 5.89. The molecule has 0 aliphatic heterocycles. The molecular weight excluding hydrogens is 216 g/mol. The molecule has 0 aromatic carbocycles. The molecule has 0 bridgehead atoms. The normalized spacial score (nSPS) is 16.0. The average molecular weight is 234 g/mol. The number of hydrogen-bond donors (Lipinski definition) is 2. The summed E-state index contributed by atoms with van der Waals surface area (Å²) in [4.78, 5) is 6.62. The van der Waals surface area contributed by atoms with E-state index in [0.29, 0.717) is 6.04 Å². The van der Waals surface area contributed by atoms with Crippen molar-refractivity contribution in [2.75, 3.05) is 11.4 Å². The van der Waals surface area contributed by atoms with Gasteiger partial charge in [-0.25, -0.2) is 4.98 Å². The Morgan fingerprint density at radius 2 is 2.35 bits per heavy atom. The van der Waals surface area contributed by atoms with E-state index in [4.69, 9.17) is 10.9 Å². The zero-order chi connectivity index (χ0) is 12.4. The van der Waals surface area contributed by atoms with Crippen LogP contribution in [0.15, 0.2) is 17.4 Å². The van der Waals surface area contributed by atoms with Gasteiger partial charge in [-0.05, 0) is 38.3 Å². The molecule has 17 heavy (non-hydrogen) atoms. The molecule has 1 fully saturated rings. The highest BCUT2D eigenvalue weighted by Gasteiger charge is 2.31. The lowest BCUT2D eigenvalue weighted by Crippen LogP contribution is -2.30. The van der Waals surface area contributed by atoms with Gasteiger partial charge in [0.15, 0.2) is 5.84 Å². The second-order valence-corrected chi connectivity index (χ2v) is 4.33. The Kier molecular flexibility index (Phi) is 3.17. The number of anilines is 1. The third kappa shape index (κ3) is 2.18. The van der Waals surface area contributed by atoms with Gasteiger partial charge in [0.2, 0.25) is 0 Å². The summed E-state index contributed by atoms with van der Waals surface area (Å²) in [6.07, 6.45) is 4.15. The fourth-order valence-corrected chi connectivity index (χ4v) is 2.10. The van der Waals surface area contributed by atoms with Crippen molar-refractivity contribution in [1.82, 2.24) is 4.98 Å². The number of rotatable bonds is 4. The van der Waals surface area contributed by atoms with E-state index in [1.807, 2.05) is 13.0 Å². The van der Waals surface area contributed by atoms with E-state index >= 15 is 0 Å². The van der Waals surface area contributed by atoms with Crippen LogP contribution in [-0.4, -0.2) is 28.6 Å². The van der Waals surface area contributed by atoms with Crippen LogP contribution < -0.4 is 10.6 Å². The van der Waals surface area contributed by atoms with Gasteiger partial charge in [0.1, 0.15) is 5.82 Å². The molecule has 1 aromatic heterocycles. The zero-order valence-corrected chi connectivity index (χ0v) is 10.2. The molecule has 1 aliphatic carbocycles. The minimum absolute atomic E-state index is 0.129. The van der Waals surface area contributed by atoms with Crippen LogP contribution in [0.3, 0.4) is 0 Å². The van der Waals surface area contributed by atoms with Gasteiger partial charge in [0.05, 0.1) is 5.56 Å². The molecule has 0 spiro atoms. The van der Waals surface area contributed by atoms with Gasteiger partial charge in [-0.2, -0.15) is 0 Å². The van der Waals surface area contributed by atoms with E-state index < -0.39 is 0 Å². The smallest absolute Gasteiger partial charge is 0.174 e. The van der Waals surface area contributed by atoms with Gasteiger partial charge in [0.25, 0.3) is 0 Å². The van der Waals surface area contributed by atoms with Gasteiger partial charge in [-0.1, -0.05) is 5.16 Å². The van der Waals surface area contributed by atoms with E-state index in [-0.39, 0.29) is 5.84 Å². The molecular formula is C12H18N4O. The van der Waals surface area contributed by atoms with Crippen LogP contribution >= 0.6 is 0 Å². The van der Waals surface area contributed by atoms with Gasteiger partial charge < -0.3 is 15.8 Å². The maximum Gasteiger partial charge on any atom is 0.174 e. The van der Waals surface area contributed by atoms with Crippen molar-refractivity contribution in [2.45, 2.75) is 32.7 Å². The molecule has 0 radical (unpaired) electrons. The van der Waals surface area contributed by atoms with E-state index in [1.165, 1.54) is 12.8 Å². The van der Waals surface area contributed by atoms with Crippen molar-refractivity contribution >= 4 is 11.7 Å². The maximum atomic E-state index is 8.86. The van der Waals surface area contributed by atoms with Crippen LogP contribution in [-0.2, 0) is 0 Å². The SMILES string of the molecule is CCN(c1nccc(C)c1/C(N)=N/O)C1CC1. The van der Waals surface area contributed by atoms with Gasteiger partial charge in [-0.3, -0.25) is 0 Å². The number of nitrogens with zero attached hydrogens (tertiary/aromatic N) is 3. The highest BCUT2D eigenvalue weighted by molar-refractivity contribution is 6.02. The third-order valence-corrected chi connectivity index (χ3v) is 3.10. The van der Waals surface area contributed by atoms with Crippen molar-refractivity contribution < 1.29 is 5.21 Å². The Labute approximate surface area is 101 Å². The molecule has 0 amide bonds. The van der Waals surface area contributed by atoms with Crippen LogP contribution in [0, 0.1) is 6.92 Å². The Hall–Kier alpha value is -1.78. The Morgan fingerprint density at radius 1 is 1.65 bits per heavy atom. The van der Waals surface area contributed by atoms with Crippen molar-refractivity contribution in [3.8, 4) is 0 Å². The lowest BCUT2D eigenvalue weighted by atomic mass is 10.1. The van der Waals surface area contributed by atoms with Crippen molar-refractivity contribution in [1.29, 1.82) is 0 Å². The standard InChI is InChI=1S/C12H18N4O/c1-3-16(9-4-5-9)12-10(11(13)15-17)8(2)6-7-14-12/h6-7,9,17H,3-5H2,1-2H3,(H2,13,15). The summed E-state index contributed by atoms with van der Waals surface area (Å²) in [7, 11) is 0. The number of hydrogen-bond acceptors (Lipinski definition) is 4. The van der Waals surface area contributed by atoms with Crippen molar-refractivity contribution in [3.63, 3.8) is 0 Å². The predicted octanol–water partition coefficient (Wildman–Crippen LogP) is 1.47. The second kappa shape index (κ2) is 4.61. The number of nitrogens with two attached hydrogens (primary N) is 1. The first-order valence-corrected chi connectivity index (χ1v) is 5.89. The second-order valence-electron chi connectivity index (χ2n) is 4.33. The minimum atomic E-state index is 0.129. The summed E-state index contributed by atoms with van der Waals surface area (Å²) in [5.41, 5.74) is 7.46. The molecule has 0 unspecified atom stereocenters. The Bertz CT molecular complexity index is 440. The number of aryl methyl sites for hydroxylation is 1. The number of amidine groups is 1. The topological polar surface area (TPSA) is 74.7 Å². The summed E-state index contributed by atoms with van der Waals surface area (Å²) >= 11 is 0. The monoisotopic (exact) mass is 234 g/mol. The quantitative estimate of drug-likeness (QED) is 0.358. The average Bonchev–Trinajstić information content (AvgIpc) is 3.14. The van der Waals surface area contributed by atoms with Gasteiger partial charge in [0, 0.05) is 18.8 Å². The van der Waals surface area contributed by atoms with Crippen LogP contribution in [0.25, 0.3) is 0 Å². The fraction of sp³-hybridized carbons (Fsp3) is 0.500. The molecule has 0 saturated heterocycles. The Balaban J connectivity index is 2.48. The van der Waals surface area contributed by atoms with Gasteiger partial charge >= 0.3 is 0 Å². The minimum Gasteiger partial charge on any atom is -0.409 e. The molecule has 2 rings (SSSR count). The predicted molar refractivity (Wildman–Crippen MR) is 67.5 cm³/mol. The maximum absolute atomic E-state index is 8.86.